The Morgan fingerprint density at radius 3 is 2.47 bits per heavy atom. The fraction of sp³-hybridized carbons (Fsp3) is 0.273. The first-order valence-corrected chi connectivity index (χ1v) is 5.07. The molecule has 0 heterocycles. The Hall–Kier alpha value is -1.42. The first-order valence-electron chi connectivity index (χ1n) is 4.66. The van der Waals surface area contributed by atoms with Crippen LogP contribution >= 0.6 is 12.2 Å². The Bertz CT molecular complexity index is 355. The van der Waals surface area contributed by atoms with Crippen LogP contribution in [0.25, 0.3) is 0 Å². The van der Waals surface area contributed by atoms with E-state index in [0.717, 1.165) is 5.69 Å². The molecule has 0 atom stereocenters. The number of hydrogen-bond donors (Lipinski definition) is 1. The summed E-state index contributed by atoms with van der Waals surface area (Å²) in [6, 6.07) is 8.01. The largest absolute Gasteiger partial charge is 0.369 e. The van der Waals surface area contributed by atoms with E-state index in [-0.39, 0.29) is 0 Å². The molecule has 1 aromatic carbocycles. The Kier molecular flexibility index (Phi) is 4.24. The average Bonchev–Trinajstić information content (AvgIpc) is 2.19. The summed E-state index contributed by atoms with van der Waals surface area (Å²) in [5.41, 5.74) is 2.18. The number of hydrogen-bond acceptors (Lipinski definition) is 1. The Morgan fingerprint density at radius 2 is 1.93 bits per heavy atom. The fourth-order valence-corrected chi connectivity index (χ4v) is 1.13. The summed E-state index contributed by atoms with van der Waals surface area (Å²) in [5.74, 6) is 0. The van der Waals surface area contributed by atoms with Gasteiger partial charge in [-0.3, -0.25) is 0 Å². The maximum absolute atomic E-state index is 5.05. The predicted octanol–water partition coefficient (Wildman–Crippen LogP) is 2.28. The van der Waals surface area contributed by atoms with Crippen LogP contribution in [0.2, 0.25) is 0 Å². The highest BCUT2D eigenvalue weighted by atomic mass is 32.1. The van der Waals surface area contributed by atoms with Crippen molar-refractivity contribution >= 4 is 29.4 Å². The van der Waals surface area contributed by atoms with Crippen molar-refractivity contribution in [1.29, 1.82) is 0 Å². The molecule has 0 unspecified atom stereocenters. The number of benzene rings is 1. The number of aryl methyl sites for hydroxylation is 1. The van der Waals surface area contributed by atoms with E-state index in [1.807, 2.05) is 50.2 Å². The SMILES string of the molecule is Cc1ccc(NC(=S)/N=C/N(C)C)cc1. The van der Waals surface area contributed by atoms with Crippen LogP contribution < -0.4 is 5.32 Å². The van der Waals surface area contributed by atoms with Crippen molar-refractivity contribution in [2.24, 2.45) is 4.99 Å². The van der Waals surface area contributed by atoms with E-state index >= 15 is 0 Å². The van der Waals surface area contributed by atoms with Gasteiger partial charge in [-0.1, -0.05) is 17.7 Å². The van der Waals surface area contributed by atoms with Crippen molar-refractivity contribution < 1.29 is 0 Å². The van der Waals surface area contributed by atoms with Crippen molar-refractivity contribution in [2.45, 2.75) is 6.92 Å². The molecule has 0 spiro atoms. The van der Waals surface area contributed by atoms with Crippen molar-refractivity contribution in [2.75, 3.05) is 19.4 Å². The third kappa shape index (κ3) is 4.56. The molecule has 1 rings (SSSR count). The molecule has 0 aliphatic carbocycles. The van der Waals surface area contributed by atoms with Gasteiger partial charge in [0.2, 0.25) is 0 Å². The second kappa shape index (κ2) is 5.46. The van der Waals surface area contributed by atoms with Crippen LogP contribution in [0.5, 0.6) is 0 Å². The molecule has 15 heavy (non-hydrogen) atoms. The van der Waals surface area contributed by atoms with E-state index in [2.05, 4.69) is 10.3 Å². The smallest absolute Gasteiger partial charge is 0.198 e. The molecule has 0 bridgehead atoms. The van der Waals surface area contributed by atoms with Gasteiger partial charge < -0.3 is 10.2 Å². The van der Waals surface area contributed by atoms with Gasteiger partial charge in [0.15, 0.2) is 5.11 Å². The maximum atomic E-state index is 5.05. The number of nitrogens with zero attached hydrogens (tertiary/aromatic N) is 2. The van der Waals surface area contributed by atoms with Crippen LogP contribution in [0.3, 0.4) is 0 Å². The molecular weight excluding hydrogens is 206 g/mol. The van der Waals surface area contributed by atoms with Gasteiger partial charge in [0.05, 0.1) is 6.34 Å². The van der Waals surface area contributed by atoms with Crippen LogP contribution in [-0.2, 0) is 0 Å². The molecule has 0 aliphatic heterocycles. The standard InChI is InChI=1S/C11H15N3S/c1-9-4-6-10(7-5-9)13-11(15)12-8-14(2)3/h4-8H,1-3H3,(H,13,15)/b12-8+. The summed E-state index contributed by atoms with van der Waals surface area (Å²) in [5, 5.41) is 3.50. The minimum atomic E-state index is 0.465. The molecule has 3 nitrogen and oxygen atoms in total. The van der Waals surface area contributed by atoms with Gasteiger partial charge in [0, 0.05) is 19.8 Å². The highest BCUT2D eigenvalue weighted by Gasteiger charge is 1.94. The predicted molar refractivity (Wildman–Crippen MR) is 69.6 cm³/mol. The quantitative estimate of drug-likeness (QED) is 0.472. The van der Waals surface area contributed by atoms with Crippen LogP contribution in [0, 0.1) is 6.92 Å². The third-order valence-corrected chi connectivity index (χ3v) is 1.92. The van der Waals surface area contributed by atoms with E-state index < -0.39 is 0 Å². The molecule has 0 aliphatic rings. The molecule has 0 amide bonds. The van der Waals surface area contributed by atoms with E-state index in [1.165, 1.54) is 5.56 Å². The highest BCUT2D eigenvalue weighted by molar-refractivity contribution is 7.80. The molecule has 0 fully saturated rings. The van der Waals surface area contributed by atoms with Crippen LogP contribution in [-0.4, -0.2) is 30.4 Å². The first kappa shape index (κ1) is 11.7. The van der Waals surface area contributed by atoms with Gasteiger partial charge >= 0.3 is 0 Å². The minimum Gasteiger partial charge on any atom is -0.369 e. The Balaban J connectivity index is 2.55. The summed E-state index contributed by atoms with van der Waals surface area (Å²) in [4.78, 5) is 5.90. The number of rotatable bonds is 2. The lowest BCUT2D eigenvalue weighted by molar-refractivity contribution is 0.644. The normalized spacial score (nSPS) is 10.3. The molecule has 0 aromatic heterocycles. The summed E-state index contributed by atoms with van der Waals surface area (Å²) in [6.07, 6.45) is 1.67. The molecule has 0 saturated heterocycles. The lowest BCUT2D eigenvalue weighted by Crippen LogP contribution is -2.12. The molecule has 0 radical (unpaired) electrons. The summed E-state index contributed by atoms with van der Waals surface area (Å²) in [7, 11) is 3.80. The summed E-state index contributed by atoms with van der Waals surface area (Å²) in [6.45, 7) is 2.05. The molecule has 1 aromatic rings. The summed E-state index contributed by atoms with van der Waals surface area (Å²) >= 11 is 5.05. The van der Waals surface area contributed by atoms with Gasteiger partial charge in [-0.05, 0) is 31.3 Å². The average molecular weight is 221 g/mol. The number of thiocarbonyl (C=S) groups is 1. The zero-order valence-electron chi connectivity index (χ0n) is 9.19. The van der Waals surface area contributed by atoms with E-state index in [9.17, 15) is 0 Å². The van der Waals surface area contributed by atoms with Crippen LogP contribution in [0.1, 0.15) is 5.56 Å². The zero-order valence-corrected chi connectivity index (χ0v) is 10.0. The first-order chi connectivity index (χ1) is 7.08. The fourth-order valence-electron chi connectivity index (χ4n) is 0.961. The number of nitrogens with one attached hydrogen (secondary N) is 1. The second-order valence-electron chi connectivity index (χ2n) is 3.50. The van der Waals surface area contributed by atoms with Crippen LogP contribution in [0.15, 0.2) is 29.3 Å². The Labute approximate surface area is 95.8 Å². The molecular formula is C11H15N3S. The van der Waals surface area contributed by atoms with E-state index in [1.54, 1.807) is 6.34 Å². The van der Waals surface area contributed by atoms with Gasteiger partial charge in [-0.25, -0.2) is 4.99 Å². The molecule has 1 N–H and O–H groups in total. The highest BCUT2D eigenvalue weighted by Crippen LogP contribution is 2.08. The van der Waals surface area contributed by atoms with E-state index in [0.29, 0.717) is 5.11 Å². The lowest BCUT2D eigenvalue weighted by atomic mass is 10.2. The van der Waals surface area contributed by atoms with Crippen molar-refractivity contribution in [1.82, 2.24) is 4.90 Å². The second-order valence-corrected chi connectivity index (χ2v) is 3.89. The lowest BCUT2D eigenvalue weighted by Gasteiger charge is -2.05. The monoisotopic (exact) mass is 221 g/mol. The zero-order chi connectivity index (χ0) is 11.3. The van der Waals surface area contributed by atoms with Gasteiger partial charge in [-0.15, -0.1) is 0 Å². The molecule has 0 saturated carbocycles. The topological polar surface area (TPSA) is 27.6 Å². The molecule has 80 valence electrons. The number of aliphatic imine (C=N–C) groups is 1. The van der Waals surface area contributed by atoms with E-state index in [4.69, 9.17) is 12.2 Å². The minimum absolute atomic E-state index is 0.465. The van der Waals surface area contributed by atoms with Gasteiger partial charge in [0.25, 0.3) is 0 Å². The third-order valence-electron chi connectivity index (χ3n) is 1.71. The Morgan fingerprint density at radius 1 is 1.33 bits per heavy atom. The molecule has 4 heteroatoms. The van der Waals surface area contributed by atoms with Crippen LogP contribution in [0.4, 0.5) is 5.69 Å². The number of anilines is 1. The summed E-state index contributed by atoms with van der Waals surface area (Å²) < 4.78 is 0. The van der Waals surface area contributed by atoms with Crippen molar-refractivity contribution in [3.63, 3.8) is 0 Å². The maximum Gasteiger partial charge on any atom is 0.198 e. The van der Waals surface area contributed by atoms with Crippen molar-refractivity contribution in [3.8, 4) is 0 Å². The van der Waals surface area contributed by atoms with Crippen molar-refractivity contribution in [3.05, 3.63) is 29.8 Å². The van der Waals surface area contributed by atoms with Gasteiger partial charge in [0.1, 0.15) is 0 Å². The van der Waals surface area contributed by atoms with Gasteiger partial charge in [-0.2, -0.15) is 0 Å².